The normalized spacial score (nSPS) is 19.2. The lowest BCUT2D eigenvalue weighted by molar-refractivity contribution is -0.155. The molecule has 6 nitrogen and oxygen atoms in total. The van der Waals surface area contributed by atoms with E-state index < -0.39 is 6.04 Å². The van der Waals surface area contributed by atoms with E-state index in [4.69, 9.17) is 10.5 Å². The number of nitrogens with zero attached hydrogens (tertiary/aromatic N) is 1. The number of hydrogen-bond acceptors (Lipinski definition) is 4. The van der Waals surface area contributed by atoms with Crippen LogP contribution in [0.25, 0.3) is 0 Å². The molecule has 1 aromatic rings. The number of carbonyl (C=O) groups excluding carboxylic acids is 2. The minimum Gasteiger partial charge on any atom is -0.369 e. The smallest absolute Gasteiger partial charge is 0.249 e. The van der Waals surface area contributed by atoms with Gasteiger partial charge in [0.1, 0.15) is 12.6 Å². The summed E-state index contributed by atoms with van der Waals surface area (Å²) in [4.78, 5) is 26.5. The van der Waals surface area contributed by atoms with Gasteiger partial charge in [-0.1, -0.05) is 50.1 Å². The topological polar surface area (TPSA) is 84.7 Å². The third-order valence-electron chi connectivity index (χ3n) is 4.23. The zero-order chi connectivity index (χ0) is 17.4. The first-order chi connectivity index (χ1) is 11.7. The van der Waals surface area contributed by atoms with Crippen molar-refractivity contribution in [3.63, 3.8) is 0 Å². The van der Waals surface area contributed by atoms with Gasteiger partial charge in [-0.15, -0.1) is 0 Å². The summed E-state index contributed by atoms with van der Waals surface area (Å²) in [6.07, 6.45) is 2.91. The second-order valence-corrected chi connectivity index (χ2v) is 6.12. The van der Waals surface area contributed by atoms with Gasteiger partial charge in [0.25, 0.3) is 0 Å². The maximum absolute atomic E-state index is 12.6. The lowest BCUT2D eigenvalue weighted by atomic mass is 10.1. The summed E-state index contributed by atoms with van der Waals surface area (Å²) in [7, 11) is 0. The fourth-order valence-corrected chi connectivity index (χ4v) is 2.80. The molecule has 2 amide bonds. The van der Waals surface area contributed by atoms with Crippen molar-refractivity contribution in [2.45, 2.75) is 44.8 Å². The van der Waals surface area contributed by atoms with Crippen molar-refractivity contribution in [1.82, 2.24) is 10.2 Å². The fourth-order valence-electron chi connectivity index (χ4n) is 2.80. The number of nitrogens with two attached hydrogens (primary N) is 1. The molecule has 0 aliphatic carbocycles. The Morgan fingerprint density at radius 2 is 2.17 bits per heavy atom. The van der Waals surface area contributed by atoms with Crippen molar-refractivity contribution in [3.05, 3.63) is 35.9 Å². The molecule has 0 spiro atoms. The Morgan fingerprint density at radius 3 is 2.83 bits per heavy atom. The van der Waals surface area contributed by atoms with Gasteiger partial charge in [-0.05, 0) is 12.0 Å². The van der Waals surface area contributed by atoms with Crippen molar-refractivity contribution in [2.24, 2.45) is 5.73 Å². The van der Waals surface area contributed by atoms with Gasteiger partial charge in [-0.2, -0.15) is 0 Å². The molecular weight excluding hydrogens is 306 g/mol. The van der Waals surface area contributed by atoms with Gasteiger partial charge < -0.3 is 20.7 Å². The molecule has 1 heterocycles. The summed E-state index contributed by atoms with van der Waals surface area (Å²) in [6.45, 7) is 3.14. The largest absolute Gasteiger partial charge is 0.369 e. The lowest BCUT2D eigenvalue weighted by Crippen LogP contribution is -2.58. The molecule has 1 saturated heterocycles. The quantitative estimate of drug-likeness (QED) is 0.745. The molecule has 1 aromatic carbocycles. The number of hydrogen-bond donors (Lipinski definition) is 2. The lowest BCUT2D eigenvalue weighted by Gasteiger charge is -2.35. The van der Waals surface area contributed by atoms with Crippen LogP contribution in [0.4, 0.5) is 0 Å². The van der Waals surface area contributed by atoms with Gasteiger partial charge in [0, 0.05) is 19.1 Å². The summed E-state index contributed by atoms with van der Waals surface area (Å²) in [5.41, 5.74) is 6.74. The van der Waals surface area contributed by atoms with E-state index in [1.165, 1.54) is 0 Å². The Bertz CT molecular complexity index is 536. The Hall–Kier alpha value is -1.92. The first kappa shape index (κ1) is 18.4. The third-order valence-corrected chi connectivity index (χ3v) is 4.23. The molecule has 1 unspecified atom stereocenters. The zero-order valence-electron chi connectivity index (χ0n) is 14.2. The van der Waals surface area contributed by atoms with Crippen molar-refractivity contribution in [2.75, 3.05) is 19.8 Å². The van der Waals surface area contributed by atoms with E-state index in [0.29, 0.717) is 13.1 Å². The number of benzene rings is 1. The highest BCUT2D eigenvalue weighted by Gasteiger charge is 2.34. The average molecular weight is 333 g/mol. The summed E-state index contributed by atoms with van der Waals surface area (Å²) >= 11 is 0. The minimum absolute atomic E-state index is 0.0206. The fraction of sp³-hybridized carbons (Fsp3) is 0.556. The van der Waals surface area contributed by atoms with Crippen LogP contribution in [0.5, 0.6) is 0 Å². The van der Waals surface area contributed by atoms with Gasteiger partial charge in [0.15, 0.2) is 0 Å². The van der Waals surface area contributed by atoms with Crippen LogP contribution in [-0.2, 0) is 20.9 Å². The monoisotopic (exact) mass is 333 g/mol. The van der Waals surface area contributed by atoms with Gasteiger partial charge in [0.05, 0.1) is 6.61 Å². The standard InChI is InChI=1S/C18H27N3O3/c1-2-3-9-15(10-19)20-18(23)16-12-24-13-17(22)21(16)11-14-7-5-4-6-8-14/h4-8,15-16H,2-3,9-13,19H2,1H3,(H,20,23)/t15?,16-/m1/s1. The van der Waals surface area contributed by atoms with Crippen molar-refractivity contribution in [1.29, 1.82) is 0 Å². The number of amides is 2. The molecule has 1 aliphatic rings. The van der Waals surface area contributed by atoms with Crippen LogP contribution < -0.4 is 11.1 Å². The molecule has 24 heavy (non-hydrogen) atoms. The Morgan fingerprint density at radius 1 is 1.42 bits per heavy atom. The molecule has 0 saturated carbocycles. The van der Waals surface area contributed by atoms with Crippen LogP contribution in [0.2, 0.25) is 0 Å². The van der Waals surface area contributed by atoms with E-state index in [2.05, 4.69) is 12.2 Å². The average Bonchev–Trinajstić information content (AvgIpc) is 2.61. The molecule has 2 rings (SSSR count). The number of nitrogens with one attached hydrogen (secondary N) is 1. The van der Waals surface area contributed by atoms with E-state index in [1.54, 1.807) is 4.90 Å². The first-order valence-electron chi connectivity index (χ1n) is 8.57. The summed E-state index contributed by atoms with van der Waals surface area (Å²) < 4.78 is 5.30. The van der Waals surface area contributed by atoms with Gasteiger partial charge in [-0.3, -0.25) is 9.59 Å². The predicted octanol–water partition coefficient (Wildman–Crippen LogP) is 1.05. The summed E-state index contributed by atoms with van der Waals surface area (Å²) in [5.74, 6) is -0.353. The van der Waals surface area contributed by atoms with Crippen LogP contribution in [0, 0.1) is 0 Å². The highest BCUT2D eigenvalue weighted by atomic mass is 16.5. The predicted molar refractivity (Wildman–Crippen MR) is 92.1 cm³/mol. The maximum Gasteiger partial charge on any atom is 0.249 e. The first-order valence-corrected chi connectivity index (χ1v) is 8.57. The Kier molecular flexibility index (Phi) is 7.21. The van der Waals surface area contributed by atoms with Crippen LogP contribution in [0.1, 0.15) is 31.7 Å². The van der Waals surface area contributed by atoms with Crippen molar-refractivity contribution < 1.29 is 14.3 Å². The van der Waals surface area contributed by atoms with E-state index >= 15 is 0 Å². The van der Waals surface area contributed by atoms with Crippen LogP contribution in [0.15, 0.2) is 30.3 Å². The van der Waals surface area contributed by atoms with Crippen LogP contribution in [-0.4, -0.2) is 48.6 Å². The van der Waals surface area contributed by atoms with Crippen LogP contribution in [0.3, 0.4) is 0 Å². The number of ether oxygens (including phenoxy) is 1. The van der Waals surface area contributed by atoms with E-state index in [9.17, 15) is 9.59 Å². The SMILES string of the molecule is CCCCC(CN)NC(=O)[C@H]1COCC(=O)N1Cc1ccccc1. The van der Waals surface area contributed by atoms with Gasteiger partial charge in [0.2, 0.25) is 11.8 Å². The van der Waals surface area contributed by atoms with Crippen molar-refractivity contribution >= 4 is 11.8 Å². The van der Waals surface area contributed by atoms with Crippen LogP contribution >= 0.6 is 0 Å². The van der Waals surface area contributed by atoms with Crippen molar-refractivity contribution in [3.8, 4) is 0 Å². The minimum atomic E-state index is -0.609. The van der Waals surface area contributed by atoms with Gasteiger partial charge in [-0.25, -0.2) is 0 Å². The molecular formula is C18H27N3O3. The second kappa shape index (κ2) is 9.39. The number of morpholine rings is 1. The number of unbranched alkanes of at least 4 members (excludes halogenated alkanes) is 1. The molecule has 132 valence electrons. The van der Waals surface area contributed by atoms with E-state index in [0.717, 1.165) is 24.8 Å². The molecule has 6 heteroatoms. The molecule has 3 N–H and O–H groups in total. The third kappa shape index (κ3) is 5.04. The number of carbonyl (C=O) groups is 2. The van der Waals surface area contributed by atoms with E-state index in [-0.39, 0.29) is 31.1 Å². The van der Waals surface area contributed by atoms with E-state index in [1.807, 2.05) is 30.3 Å². The Balaban J connectivity index is 2.04. The highest BCUT2D eigenvalue weighted by Crippen LogP contribution is 2.14. The number of rotatable bonds is 8. The molecule has 0 radical (unpaired) electrons. The summed E-state index contributed by atoms with van der Waals surface area (Å²) in [5, 5.41) is 2.97. The molecule has 1 fully saturated rings. The highest BCUT2D eigenvalue weighted by molar-refractivity contribution is 5.89. The summed E-state index contributed by atoms with van der Waals surface area (Å²) in [6, 6.07) is 8.99. The zero-order valence-corrected chi connectivity index (χ0v) is 14.2. The van der Waals surface area contributed by atoms with Gasteiger partial charge >= 0.3 is 0 Å². The maximum atomic E-state index is 12.6. The molecule has 0 aromatic heterocycles. The molecule has 0 bridgehead atoms. The molecule has 1 aliphatic heterocycles. The second-order valence-electron chi connectivity index (χ2n) is 6.12. The Labute approximate surface area is 143 Å². The molecule has 2 atom stereocenters.